The van der Waals surface area contributed by atoms with Gasteiger partial charge in [0.1, 0.15) is 17.4 Å². The normalized spacial score (nSPS) is 10.1. The Hall–Kier alpha value is -2.10. The van der Waals surface area contributed by atoms with Crippen molar-refractivity contribution in [1.29, 1.82) is 0 Å². The lowest BCUT2D eigenvalue weighted by Crippen LogP contribution is -1.93. The van der Waals surface area contributed by atoms with E-state index in [0.29, 0.717) is 5.69 Å². The minimum atomic E-state index is -0.458. The van der Waals surface area contributed by atoms with Crippen molar-refractivity contribution in [2.24, 2.45) is 0 Å². The minimum absolute atomic E-state index is 0.172. The number of halogens is 2. The van der Waals surface area contributed by atoms with Crippen LogP contribution >= 0.6 is 0 Å². The summed E-state index contributed by atoms with van der Waals surface area (Å²) in [5, 5.41) is 0. The molecule has 2 aromatic rings. The third-order valence-electron chi connectivity index (χ3n) is 2.00. The number of nitrogen functional groups attached to an aromatic ring is 1. The number of rotatable bonds is 2. The van der Waals surface area contributed by atoms with E-state index >= 15 is 0 Å². The van der Waals surface area contributed by atoms with Crippen molar-refractivity contribution in [2.45, 2.75) is 0 Å². The monoisotopic (exact) mass is 221 g/mol. The second-order valence-corrected chi connectivity index (χ2v) is 3.24. The predicted molar refractivity (Wildman–Crippen MR) is 57.3 cm³/mol. The van der Waals surface area contributed by atoms with Crippen LogP contribution < -0.4 is 10.5 Å². The second kappa shape index (κ2) is 4.18. The molecule has 0 saturated carbocycles. The molecule has 0 aliphatic carbocycles. The number of anilines is 1. The van der Waals surface area contributed by atoms with Gasteiger partial charge in [-0.3, -0.25) is 0 Å². The fraction of sp³-hybridized carbons (Fsp3) is 0. The molecule has 0 aliphatic rings. The Morgan fingerprint density at radius 1 is 0.938 bits per heavy atom. The molecule has 0 atom stereocenters. The van der Waals surface area contributed by atoms with Crippen molar-refractivity contribution >= 4 is 5.69 Å². The van der Waals surface area contributed by atoms with Crippen molar-refractivity contribution in [1.82, 2.24) is 0 Å². The molecule has 16 heavy (non-hydrogen) atoms. The van der Waals surface area contributed by atoms with E-state index in [1.165, 1.54) is 30.3 Å². The second-order valence-electron chi connectivity index (χ2n) is 3.24. The van der Waals surface area contributed by atoms with E-state index in [-0.39, 0.29) is 11.5 Å². The highest BCUT2D eigenvalue weighted by atomic mass is 19.1. The summed E-state index contributed by atoms with van der Waals surface area (Å²) < 4.78 is 31.0. The van der Waals surface area contributed by atoms with Gasteiger partial charge in [-0.2, -0.15) is 0 Å². The number of hydrogen-bond acceptors (Lipinski definition) is 2. The van der Waals surface area contributed by atoms with Crippen LogP contribution in [-0.2, 0) is 0 Å². The van der Waals surface area contributed by atoms with Gasteiger partial charge in [0.25, 0.3) is 0 Å². The molecular formula is C12H9F2NO. The number of ether oxygens (including phenoxy) is 1. The molecule has 0 saturated heterocycles. The Morgan fingerprint density at radius 3 is 2.44 bits per heavy atom. The Bertz CT molecular complexity index is 514. The molecule has 2 nitrogen and oxygen atoms in total. The maximum Gasteiger partial charge on any atom is 0.153 e. The van der Waals surface area contributed by atoms with Gasteiger partial charge in [-0.1, -0.05) is 6.07 Å². The van der Waals surface area contributed by atoms with Crippen molar-refractivity contribution in [3.63, 3.8) is 0 Å². The molecule has 2 rings (SSSR count). The van der Waals surface area contributed by atoms with Crippen LogP contribution in [0.5, 0.6) is 11.5 Å². The van der Waals surface area contributed by atoms with Crippen LogP contribution in [0.4, 0.5) is 14.5 Å². The molecular weight excluding hydrogens is 212 g/mol. The molecule has 0 unspecified atom stereocenters. The predicted octanol–water partition coefficient (Wildman–Crippen LogP) is 3.34. The summed E-state index contributed by atoms with van der Waals surface area (Å²) in [5.74, 6) is -0.434. The van der Waals surface area contributed by atoms with Crippen LogP contribution in [0, 0.1) is 11.6 Å². The van der Waals surface area contributed by atoms with E-state index < -0.39 is 11.6 Å². The first-order chi connectivity index (χ1) is 7.65. The number of benzene rings is 2. The Balaban J connectivity index is 2.30. The smallest absolute Gasteiger partial charge is 0.153 e. The molecule has 0 fully saturated rings. The lowest BCUT2D eigenvalue weighted by atomic mass is 10.3. The van der Waals surface area contributed by atoms with Crippen molar-refractivity contribution < 1.29 is 13.5 Å². The van der Waals surface area contributed by atoms with E-state index in [2.05, 4.69) is 0 Å². The minimum Gasteiger partial charge on any atom is -0.455 e. The summed E-state index contributed by atoms with van der Waals surface area (Å²) >= 11 is 0. The van der Waals surface area contributed by atoms with Crippen LogP contribution in [0.3, 0.4) is 0 Å². The zero-order chi connectivity index (χ0) is 11.5. The topological polar surface area (TPSA) is 35.2 Å². The van der Waals surface area contributed by atoms with Crippen molar-refractivity contribution in [3.05, 3.63) is 54.1 Å². The zero-order valence-corrected chi connectivity index (χ0v) is 8.28. The van der Waals surface area contributed by atoms with Gasteiger partial charge in [0.2, 0.25) is 0 Å². The molecule has 0 heterocycles. The number of nitrogens with two attached hydrogens (primary N) is 1. The third-order valence-corrected chi connectivity index (χ3v) is 2.00. The first-order valence-corrected chi connectivity index (χ1v) is 4.63. The molecule has 0 aliphatic heterocycles. The molecule has 0 amide bonds. The molecule has 2 aromatic carbocycles. The Morgan fingerprint density at radius 2 is 1.69 bits per heavy atom. The van der Waals surface area contributed by atoms with Crippen LogP contribution in [0.1, 0.15) is 0 Å². The van der Waals surface area contributed by atoms with Crippen molar-refractivity contribution in [3.8, 4) is 11.5 Å². The highest BCUT2D eigenvalue weighted by Crippen LogP contribution is 2.28. The van der Waals surface area contributed by atoms with Gasteiger partial charge in [0.15, 0.2) is 5.75 Å². The molecule has 0 spiro atoms. The zero-order valence-electron chi connectivity index (χ0n) is 8.28. The standard InChI is InChI=1S/C12H9F2NO/c13-8-2-1-3-10(6-8)16-12-7-9(14)4-5-11(12)15/h1-7H,15H2. The summed E-state index contributed by atoms with van der Waals surface area (Å²) in [6.45, 7) is 0. The largest absolute Gasteiger partial charge is 0.455 e. The van der Waals surface area contributed by atoms with Crippen LogP contribution in [0.2, 0.25) is 0 Å². The summed E-state index contributed by atoms with van der Waals surface area (Å²) in [6.07, 6.45) is 0. The maximum absolute atomic E-state index is 12.9. The average Bonchev–Trinajstić information content (AvgIpc) is 2.24. The summed E-state index contributed by atoms with van der Waals surface area (Å²) in [6, 6.07) is 9.33. The lowest BCUT2D eigenvalue weighted by molar-refractivity contribution is 0.474. The molecule has 0 radical (unpaired) electrons. The van der Waals surface area contributed by atoms with E-state index in [0.717, 1.165) is 6.07 Å². The molecule has 2 N–H and O–H groups in total. The molecule has 82 valence electrons. The lowest BCUT2D eigenvalue weighted by Gasteiger charge is -2.08. The third kappa shape index (κ3) is 2.28. The Kier molecular flexibility index (Phi) is 2.72. The van der Waals surface area contributed by atoms with E-state index in [1.54, 1.807) is 6.07 Å². The SMILES string of the molecule is Nc1ccc(F)cc1Oc1cccc(F)c1. The molecule has 4 heteroatoms. The first kappa shape index (κ1) is 10.4. The summed E-state index contributed by atoms with van der Waals surface area (Å²) in [7, 11) is 0. The number of hydrogen-bond donors (Lipinski definition) is 1. The highest BCUT2D eigenvalue weighted by Gasteiger charge is 2.04. The van der Waals surface area contributed by atoms with Crippen LogP contribution in [-0.4, -0.2) is 0 Å². The van der Waals surface area contributed by atoms with E-state index in [9.17, 15) is 8.78 Å². The average molecular weight is 221 g/mol. The summed E-state index contributed by atoms with van der Waals surface area (Å²) in [4.78, 5) is 0. The van der Waals surface area contributed by atoms with Crippen LogP contribution in [0.25, 0.3) is 0 Å². The van der Waals surface area contributed by atoms with E-state index in [1.807, 2.05) is 0 Å². The van der Waals surface area contributed by atoms with E-state index in [4.69, 9.17) is 10.5 Å². The van der Waals surface area contributed by atoms with Gasteiger partial charge in [-0.05, 0) is 24.3 Å². The quantitative estimate of drug-likeness (QED) is 0.789. The van der Waals surface area contributed by atoms with Gasteiger partial charge in [-0.25, -0.2) is 8.78 Å². The van der Waals surface area contributed by atoms with Gasteiger partial charge in [0.05, 0.1) is 5.69 Å². The van der Waals surface area contributed by atoms with Gasteiger partial charge >= 0.3 is 0 Å². The van der Waals surface area contributed by atoms with Crippen molar-refractivity contribution in [2.75, 3.05) is 5.73 Å². The van der Waals surface area contributed by atoms with Gasteiger partial charge in [-0.15, -0.1) is 0 Å². The fourth-order valence-corrected chi connectivity index (χ4v) is 1.25. The van der Waals surface area contributed by atoms with Gasteiger partial charge < -0.3 is 10.5 Å². The molecule has 0 bridgehead atoms. The molecule has 0 aromatic heterocycles. The van der Waals surface area contributed by atoms with Gasteiger partial charge in [0, 0.05) is 12.1 Å². The highest BCUT2D eigenvalue weighted by molar-refractivity contribution is 5.53. The first-order valence-electron chi connectivity index (χ1n) is 4.63. The maximum atomic E-state index is 12.9. The van der Waals surface area contributed by atoms with Crippen LogP contribution in [0.15, 0.2) is 42.5 Å². The Labute approximate surface area is 91.3 Å². The fourth-order valence-electron chi connectivity index (χ4n) is 1.25. The summed E-state index contributed by atoms with van der Waals surface area (Å²) in [5.41, 5.74) is 5.89.